The van der Waals surface area contributed by atoms with E-state index in [4.69, 9.17) is 0 Å². The highest BCUT2D eigenvalue weighted by atomic mass is 127. The van der Waals surface area contributed by atoms with Crippen molar-refractivity contribution in [2.24, 2.45) is 4.99 Å². The monoisotopic (exact) mass is 490 g/mol. The van der Waals surface area contributed by atoms with Gasteiger partial charge in [0.25, 0.3) is 0 Å². The number of nitrogens with zero attached hydrogens (tertiary/aromatic N) is 2. The van der Waals surface area contributed by atoms with E-state index >= 15 is 0 Å². The van der Waals surface area contributed by atoms with Crippen LogP contribution in [0.3, 0.4) is 0 Å². The van der Waals surface area contributed by atoms with Crippen molar-refractivity contribution in [2.45, 2.75) is 32.4 Å². The third kappa shape index (κ3) is 5.67. The maximum absolute atomic E-state index is 4.38. The maximum Gasteiger partial charge on any atom is 0.191 e. The summed E-state index contributed by atoms with van der Waals surface area (Å²) in [6, 6.07) is 7.00. The SMILES string of the molecule is CN=C(NCc1sccc1C)NCC(c1cccs1)N1CCCC1.I. The predicted molar refractivity (Wildman–Crippen MR) is 121 cm³/mol. The van der Waals surface area contributed by atoms with Crippen LogP contribution in [0, 0.1) is 6.92 Å². The van der Waals surface area contributed by atoms with Gasteiger partial charge in [0, 0.05) is 23.3 Å². The average Bonchev–Trinajstić information content (AvgIpc) is 3.34. The molecule has 0 aromatic carbocycles. The van der Waals surface area contributed by atoms with E-state index in [-0.39, 0.29) is 24.0 Å². The van der Waals surface area contributed by atoms with E-state index in [1.54, 1.807) is 11.3 Å². The molecule has 1 unspecified atom stereocenters. The minimum atomic E-state index is 0. The minimum Gasteiger partial charge on any atom is -0.354 e. The summed E-state index contributed by atoms with van der Waals surface area (Å²) >= 11 is 3.64. The van der Waals surface area contributed by atoms with Crippen molar-refractivity contribution in [3.63, 3.8) is 0 Å². The largest absolute Gasteiger partial charge is 0.354 e. The maximum atomic E-state index is 4.38. The van der Waals surface area contributed by atoms with E-state index in [2.05, 4.69) is 56.4 Å². The third-order valence-corrected chi connectivity index (χ3v) is 6.52. The predicted octanol–water partition coefficient (Wildman–Crippen LogP) is 4.24. The fourth-order valence-corrected chi connectivity index (χ4v) is 4.81. The fourth-order valence-electron chi connectivity index (χ4n) is 3.11. The molecule has 4 nitrogen and oxygen atoms in total. The van der Waals surface area contributed by atoms with Gasteiger partial charge in [-0.3, -0.25) is 9.89 Å². The van der Waals surface area contributed by atoms with Gasteiger partial charge in [0.15, 0.2) is 5.96 Å². The standard InChI is InChI=1S/C18H26N4S2.HI/c1-14-7-11-24-17(14)13-21-18(19-2)20-12-15(16-6-5-10-23-16)22-8-3-4-9-22;/h5-7,10-11,15H,3-4,8-9,12-13H2,1-2H3,(H2,19,20,21);1H. The Kier molecular flexibility index (Phi) is 8.68. The van der Waals surface area contributed by atoms with Gasteiger partial charge < -0.3 is 10.6 Å². The van der Waals surface area contributed by atoms with Gasteiger partial charge in [-0.25, -0.2) is 0 Å². The number of guanidine groups is 1. The van der Waals surface area contributed by atoms with Crippen LogP contribution in [0.5, 0.6) is 0 Å². The topological polar surface area (TPSA) is 39.7 Å². The Hall–Kier alpha value is -0.640. The lowest BCUT2D eigenvalue weighted by molar-refractivity contribution is 0.249. The molecule has 0 aliphatic carbocycles. The van der Waals surface area contributed by atoms with Crippen molar-refractivity contribution in [1.82, 2.24) is 15.5 Å². The fraction of sp³-hybridized carbons (Fsp3) is 0.500. The van der Waals surface area contributed by atoms with Crippen LogP contribution in [0.25, 0.3) is 0 Å². The summed E-state index contributed by atoms with van der Waals surface area (Å²) in [5, 5.41) is 11.3. The molecule has 1 fully saturated rings. The Bertz CT molecular complexity index is 648. The van der Waals surface area contributed by atoms with Gasteiger partial charge in [-0.2, -0.15) is 0 Å². The number of thiophene rings is 2. The summed E-state index contributed by atoms with van der Waals surface area (Å²) < 4.78 is 0. The number of aryl methyl sites for hydroxylation is 1. The number of aliphatic imine (C=N–C) groups is 1. The molecular weight excluding hydrogens is 463 g/mol. The van der Waals surface area contributed by atoms with Gasteiger partial charge in [-0.1, -0.05) is 6.07 Å². The molecule has 2 N–H and O–H groups in total. The number of rotatable bonds is 6. The number of hydrogen-bond acceptors (Lipinski definition) is 4. The molecule has 2 aromatic heterocycles. The molecule has 0 spiro atoms. The molecule has 0 radical (unpaired) electrons. The first-order valence-electron chi connectivity index (χ1n) is 8.53. The van der Waals surface area contributed by atoms with Gasteiger partial charge in [0.2, 0.25) is 0 Å². The Morgan fingerprint density at radius 1 is 1.20 bits per heavy atom. The van der Waals surface area contributed by atoms with Gasteiger partial charge in [0.1, 0.15) is 0 Å². The zero-order valence-electron chi connectivity index (χ0n) is 14.8. The lowest BCUT2D eigenvalue weighted by atomic mass is 10.2. The van der Waals surface area contributed by atoms with E-state index in [9.17, 15) is 0 Å². The van der Waals surface area contributed by atoms with Gasteiger partial charge in [-0.05, 0) is 61.3 Å². The second kappa shape index (κ2) is 10.5. The van der Waals surface area contributed by atoms with Crippen LogP contribution in [0.2, 0.25) is 0 Å². The molecule has 0 amide bonds. The summed E-state index contributed by atoms with van der Waals surface area (Å²) in [4.78, 5) is 9.78. The number of hydrogen-bond donors (Lipinski definition) is 2. The first-order chi connectivity index (χ1) is 11.8. The van der Waals surface area contributed by atoms with E-state index in [1.165, 1.54) is 41.2 Å². The van der Waals surface area contributed by atoms with E-state index in [1.807, 2.05) is 18.4 Å². The van der Waals surface area contributed by atoms with Crippen molar-refractivity contribution in [3.8, 4) is 0 Å². The molecule has 1 aliphatic heterocycles. The summed E-state index contributed by atoms with van der Waals surface area (Å²) in [6.45, 7) is 6.28. The van der Waals surface area contributed by atoms with Crippen LogP contribution in [-0.4, -0.2) is 37.5 Å². The highest BCUT2D eigenvalue weighted by Crippen LogP contribution is 2.27. The molecular formula is C18H27IN4S2. The zero-order valence-corrected chi connectivity index (χ0v) is 18.8. The quantitative estimate of drug-likeness (QED) is 0.362. The molecule has 7 heteroatoms. The summed E-state index contributed by atoms with van der Waals surface area (Å²) in [5.41, 5.74) is 1.34. The van der Waals surface area contributed by atoms with Crippen LogP contribution >= 0.6 is 46.7 Å². The van der Waals surface area contributed by atoms with E-state index in [0.717, 1.165) is 19.0 Å². The number of halogens is 1. The van der Waals surface area contributed by atoms with Crippen LogP contribution in [-0.2, 0) is 6.54 Å². The van der Waals surface area contributed by atoms with Crippen molar-refractivity contribution < 1.29 is 0 Å². The molecule has 138 valence electrons. The summed E-state index contributed by atoms with van der Waals surface area (Å²) in [5.74, 6) is 0.878. The lowest BCUT2D eigenvalue weighted by Gasteiger charge is -2.27. The highest BCUT2D eigenvalue weighted by molar-refractivity contribution is 14.0. The van der Waals surface area contributed by atoms with Crippen LogP contribution in [0.4, 0.5) is 0 Å². The van der Waals surface area contributed by atoms with Crippen LogP contribution in [0.1, 0.15) is 34.2 Å². The zero-order chi connectivity index (χ0) is 16.8. The lowest BCUT2D eigenvalue weighted by Crippen LogP contribution is -2.42. The van der Waals surface area contributed by atoms with Gasteiger partial charge in [0.05, 0.1) is 12.6 Å². The first kappa shape index (κ1) is 20.7. The molecule has 1 atom stereocenters. The second-order valence-electron chi connectivity index (χ2n) is 6.11. The van der Waals surface area contributed by atoms with E-state index in [0.29, 0.717) is 6.04 Å². The summed E-state index contributed by atoms with van der Waals surface area (Å²) in [7, 11) is 1.84. The normalized spacial score (nSPS) is 16.5. The van der Waals surface area contributed by atoms with Crippen molar-refractivity contribution in [1.29, 1.82) is 0 Å². The van der Waals surface area contributed by atoms with Gasteiger partial charge >= 0.3 is 0 Å². The number of likely N-dealkylation sites (tertiary alicyclic amines) is 1. The Labute approximate surface area is 175 Å². The Balaban J connectivity index is 0.00000225. The molecule has 25 heavy (non-hydrogen) atoms. The highest BCUT2D eigenvalue weighted by Gasteiger charge is 2.24. The van der Waals surface area contributed by atoms with Crippen molar-refractivity contribution in [2.75, 3.05) is 26.7 Å². The Morgan fingerprint density at radius 3 is 2.60 bits per heavy atom. The van der Waals surface area contributed by atoms with Crippen molar-refractivity contribution >= 4 is 52.6 Å². The number of nitrogens with one attached hydrogen (secondary N) is 2. The van der Waals surface area contributed by atoms with E-state index < -0.39 is 0 Å². The molecule has 0 saturated carbocycles. The smallest absolute Gasteiger partial charge is 0.191 e. The Morgan fingerprint density at radius 2 is 2.00 bits per heavy atom. The first-order valence-corrected chi connectivity index (χ1v) is 10.3. The summed E-state index contributed by atoms with van der Waals surface area (Å²) in [6.07, 6.45) is 2.62. The molecule has 0 bridgehead atoms. The second-order valence-corrected chi connectivity index (χ2v) is 8.09. The molecule has 1 aliphatic rings. The third-order valence-electron chi connectivity index (χ3n) is 4.52. The minimum absolute atomic E-state index is 0. The van der Waals surface area contributed by atoms with Crippen LogP contribution < -0.4 is 10.6 Å². The molecule has 1 saturated heterocycles. The molecule has 3 heterocycles. The van der Waals surface area contributed by atoms with Gasteiger partial charge in [-0.15, -0.1) is 46.7 Å². The van der Waals surface area contributed by atoms with Crippen molar-refractivity contribution in [3.05, 3.63) is 44.3 Å². The molecule has 2 aromatic rings. The van der Waals surface area contributed by atoms with Crippen LogP contribution in [0.15, 0.2) is 34.0 Å². The average molecular weight is 490 g/mol. The molecule has 3 rings (SSSR count).